The van der Waals surface area contributed by atoms with Gasteiger partial charge in [0.2, 0.25) is 0 Å². The van der Waals surface area contributed by atoms with Crippen LogP contribution in [0.25, 0.3) is 0 Å². The third-order valence-corrected chi connectivity index (χ3v) is 2.29. The van der Waals surface area contributed by atoms with Crippen LogP contribution in [0.4, 0.5) is 18.9 Å². The first-order valence-corrected chi connectivity index (χ1v) is 5.12. The summed E-state index contributed by atoms with van der Waals surface area (Å²) in [5.74, 6) is 0. The van der Waals surface area contributed by atoms with Gasteiger partial charge in [-0.05, 0) is 18.2 Å². The molecule has 0 heterocycles. The van der Waals surface area contributed by atoms with E-state index in [9.17, 15) is 13.2 Å². The molecule has 1 nitrogen and oxygen atoms in total. The van der Waals surface area contributed by atoms with Crippen molar-refractivity contribution in [1.82, 2.24) is 0 Å². The molecule has 16 heavy (non-hydrogen) atoms. The first-order chi connectivity index (χ1) is 7.45. The summed E-state index contributed by atoms with van der Waals surface area (Å²) < 4.78 is 37.4. The third-order valence-electron chi connectivity index (χ3n) is 1.78. The Kier molecular flexibility index (Phi) is 4.50. The number of rotatable bonds is 3. The highest BCUT2D eigenvalue weighted by Crippen LogP contribution is 2.36. The molecule has 0 aromatic heterocycles. The molecule has 0 amide bonds. The van der Waals surface area contributed by atoms with Gasteiger partial charge in [-0.2, -0.15) is 13.2 Å². The van der Waals surface area contributed by atoms with E-state index in [2.05, 4.69) is 5.32 Å². The fourth-order valence-electron chi connectivity index (χ4n) is 1.07. The Morgan fingerprint density at radius 1 is 1.31 bits per heavy atom. The molecule has 0 aliphatic rings. The van der Waals surface area contributed by atoms with Gasteiger partial charge in [0, 0.05) is 17.8 Å². The first kappa shape index (κ1) is 13.2. The van der Waals surface area contributed by atoms with Crippen LogP contribution in [0.2, 0.25) is 5.02 Å². The van der Waals surface area contributed by atoms with Crippen molar-refractivity contribution in [2.75, 3.05) is 11.9 Å². The minimum Gasteiger partial charge on any atom is -0.382 e. The maximum atomic E-state index is 12.5. The van der Waals surface area contributed by atoms with Crippen LogP contribution in [0.3, 0.4) is 0 Å². The smallest absolute Gasteiger partial charge is 0.382 e. The molecule has 6 heteroatoms. The van der Waals surface area contributed by atoms with E-state index in [-0.39, 0.29) is 5.02 Å². The Balaban J connectivity index is 2.90. The van der Waals surface area contributed by atoms with E-state index in [1.165, 1.54) is 17.7 Å². The number of alkyl halides is 3. The molecule has 0 radical (unpaired) electrons. The van der Waals surface area contributed by atoms with Gasteiger partial charge in [0.15, 0.2) is 0 Å². The molecule has 0 saturated carbocycles. The lowest BCUT2D eigenvalue weighted by atomic mass is 10.2. The van der Waals surface area contributed by atoms with E-state index >= 15 is 0 Å². The molecule has 0 atom stereocenters. The van der Waals surface area contributed by atoms with E-state index < -0.39 is 11.7 Å². The van der Waals surface area contributed by atoms with Gasteiger partial charge >= 0.3 is 6.18 Å². The number of hydrogen-bond acceptors (Lipinski definition) is 1. The molecule has 1 rings (SSSR count). The van der Waals surface area contributed by atoms with Crippen LogP contribution in [0.1, 0.15) is 5.56 Å². The van der Waals surface area contributed by atoms with Gasteiger partial charge in [0.1, 0.15) is 0 Å². The summed E-state index contributed by atoms with van der Waals surface area (Å²) in [6, 6.07) is 3.64. The lowest BCUT2D eigenvalue weighted by molar-refractivity contribution is -0.137. The molecule has 1 aromatic rings. The summed E-state index contributed by atoms with van der Waals surface area (Å²) in [6.07, 6.45) is -2.87. The lowest BCUT2D eigenvalue weighted by Gasteiger charge is -2.11. The normalized spacial score (nSPS) is 12.1. The monoisotopic (exact) mass is 269 g/mol. The van der Waals surface area contributed by atoms with Crippen molar-refractivity contribution in [2.24, 2.45) is 0 Å². The summed E-state index contributed by atoms with van der Waals surface area (Å²) in [5, 5.41) is 2.44. The topological polar surface area (TPSA) is 12.0 Å². The molecule has 0 bridgehead atoms. The first-order valence-electron chi connectivity index (χ1n) is 4.31. The zero-order chi connectivity index (χ0) is 12.2. The van der Waals surface area contributed by atoms with Gasteiger partial charge in [-0.25, -0.2) is 0 Å². The van der Waals surface area contributed by atoms with E-state index in [0.29, 0.717) is 12.2 Å². The van der Waals surface area contributed by atoms with Crippen molar-refractivity contribution in [2.45, 2.75) is 6.18 Å². The van der Waals surface area contributed by atoms with Gasteiger partial charge in [0.05, 0.1) is 10.6 Å². The molecule has 0 unspecified atom stereocenters. The maximum Gasteiger partial charge on any atom is 0.417 e. The number of halogens is 5. The molecule has 0 spiro atoms. The zero-order valence-electron chi connectivity index (χ0n) is 7.98. The molecule has 0 saturated heterocycles. The Hall–Kier alpha value is -0.870. The largest absolute Gasteiger partial charge is 0.417 e. The lowest BCUT2D eigenvalue weighted by Crippen LogP contribution is -2.07. The van der Waals surface area contributed by atoms with Crippen molar-refractivity contribution >= 4 is 28.9 Å². The molecule has 1 aromatic carbocycles. The van der Waals surface area contributed by atoms with Crippen LogP contribution in [0.15, 0.2) is 29.8 Å². The van der Waals surface area contributed by atoms with Crippen molar-refractivity contribution in [3.63, 3.8) is 0 Å². The Morgan fingerprint density at radius 2 is 2.00 bits per heavy atom. The summed E-state index contributed by atoms with van der Waals surface area (Å²) >= 11 is 10.7. The fraction of sp³-hybridized carbons (Fsp3) is 0.200. The third kappa shape index (κ3) is 3.61. The quantitative estimate of drug-likeness (QED) is 0.851. The Labute approximate surface area is 101 Å². The molecular weight excluding hydrogens is 262 g/mol. The van der Waals surface area contributed by atoms with Crippen molar-refractivity contribution in [3.8, 4) is 0 Å². The van der Waals surface area contributed by atoms with Crippen LogP contribution < -0.4 is 5.32 Å². The van der Waals surface area contributed by atoms with Crippen LogP contribution in [0.5, 0.6) is 0 Å². The van der Waals surface area contributed by atoms with E-state index in [0.717, 1.165) is 6.07 Å². The van der Waals surface area contributed by atoms with Crippen LogP contribution in [0, 0.1) is 0 Å². The van der Waals surface area contributed by atoms with Gasteiger partial charge in [0.25, 0.3) is 0 Å². The van der Waals surface area contributed by atoms with Crippen molar-refractivity contribution in [1.29, 1.82) is 0 Å². The summed E-state index contributed by atoms with van der Waals surface area (Å²) in [7, 11) is 0. The van der Waals surface area contributed by atoms with E-state index in [1.807, 2.05) is 0 Å². The average molecular weight is 270 g/mol. The number of hydrogen-bond donors (Lipinski definition) is 1. The zero-order valence-corrected chi connectivity index (χ0v) is 9.50. The van der Waals surface area contributed by atoms with E-state index in [1.54, 1.807) is 6.08 Å². The Morgan fingerprint density at radius 3 is 2.56 bits per heavy atom. The second-order valence-corrected chi connectivity index (χ2v) is 3.59. The van der Waals surface area contributed by atoms with Gasteiger partial charge in [-0.3, -0.25) is 0 Å². The SMILES string of the molecule is FC(F)(F)c1cc(NC/C=C/Cl)ccc1Cl. The van der Waals surface area contributed by atoms with Crippen LogP contribution in [-0.2, 0) is 6.18 Å². The second kappa shape index (κ2) is 5.46. The molecule has 0 fully saturated rings. The summed E-state index contributed by atoms with van der Waals surface area (Å²) in [4.78, 5) is 0. The summed E-state index contributed by atoms with van der Waals surface area (Å²) in [6.45, 7) is 0.350. The molecular formula is C10H8Cl2F3N. The predicted molar refractivity (Wildman–Crippen MR) is 59.9 cm³/mol. The standard InChI is InChI=1S/C10H8Cl2F3N/c11-4-1-5-16-7-2-3-9(12)8(6-7)10(13,14)15/h1-4,6,16H,5H2/b4-1+. The molecule has 88 valence electrons. The average Bonchev–Trinajstić information content (AvgIpc) is 2.19. The van der Waals surface area contributed by atoms with Crippen LogP contribution >= 0.6 is 23.2 Å². The fourth-order valence-corrected chi connectivity index (χ4v) is 1.39. The predicted octanol–water partition coefficient (Wildman–Crippen LogP) is 4.52. The van der Waals surface area contributed by atoms with Crippen LogP contribution in [-0.4, -0.2) is 6.54 Å². The van der Waals surface area contributed by atoms with E-state index in [4.69, 9.17) is 23.2 Å². The van der Waals surface area contributed by atoms with Crippen molar-refractivity contribution in [3.05, 3.63) is 40.4 Å². The number of benzene rings is 1. The van der Waals surface area contributed by atoms with Crippen molar-refractivity contribution < 1.29 is 13.2 Å². The number of nitrogens with one attached hydrogen (secondary N) is 1. The highest BCUT2D eigenvalue weighted by Gasteiger charge is 2.33. The minimum atomic E-state index is -4.45. The highest BCUT2D eigenvalue weighted by molar-refractivity contribution is 6.31. The maximum absolute atomic E-state index is 12.5. The highest BCUT2D eigenvalue weighted by atomic mass is 35.5. The molecule has 1 N–H and O–H groups in total. The summed E-state index contributed by atoms with van der Waals surface area (Å²) in [5.41, 5.74) is 0.772. The molecule has 0 aliphatic heterocycles. The Bertz CT molecular complexity index is 388. The minimum absolute atomic E-state index is 0.314. The second-order valence-electron chi connectivity index (χ2n) is 2.93. The number of anilines is 1. The van der Waals surface area contributed by atoms with Gasteiger partial charge < -0.3 is 5.32 Å². The molecule has 0 aliphatic carbocycles. The van der Waals surface area contributed by atoms with Gasteiger partial charge in [-0.15, -0.1) is 0 Å². The van der Waals surface area contributed by atoms with Gasteiger partial charge in [-0.1, -0.05) is 29.3 Å².